The van der Waals surface area contributed by atoms with E-state index in [4.69, 9.17) is 17.0 Å². The van der Waals surface area contributed by atoms with Crippen LogP contribution in [0.25, 0.3) is 10.9 Å². The number of aromatic amines is 1. The first-order valence-corrected chi connectivity index (χ1v) is 10.6. The molecule has 0 spiro atoms. The van der Waals surface area contributed by atoms with Crippen molar-refractivity contribution in [2.75, 3.05) is 18.5 Å². The summed E-state index contributed by atoms with van der Waals surface area (Å²) < 4.78 is 5.84. The number of anilines is 1. The van der Waals surface area contributed by atoms with E-state index in [0.29, 0.717) is 34.9 Å². The van der Waals surface area contributed by atoms with Crippen LogP contribution in [0, 0.1) is 13.8 Å². The van der Waals surface area contributed by atoms with Crippen LogP contribution in [0.4, 0.5) is 5.69 Å². The average molecular weight is 423 g/mol. The summed E-state index contributed by atoms with van der Waals surface area (Å²) >= 11 is 5.76. The van der Waals surface area contributed by atoms with Gasteiger partial charge in [0, 0.05) is 18.8 Å². The van der Waals surface area contributed by atoms with Crippen molar-refractivity contribution in [3.63, 3.8) is 0 Å². The highest BCUT2D eigenvalue weighted by atomic mass is 32.1. The third-order valence-electron chi connectivity index (χ3n) is 5.58. The van der Waals surface area contributed by atoms with Crippen LogP contribution in [0.5, 0.6) is 0 Å². The zero-order chi connectivity index (χ0) is 21.1. The second-order valence-electron chi connectivity index (χ2n) is 7.72. The number of nitrogens with one attached hydrogen (secondary N) is 2. The van der Waals surface area contributed by atoms with Gasteiger partial charge in [0.25, 0.3) is 5.56 Å². The Balaban J connectivity index is 1.60. The van der Waals surface area contributed by atoms with Crippen molar-refractivity contribution in [3.05, 3.63) is 69.8 Å². The minimum atomic E-state index is -0.138. The molecule has 0 bridgehead atoms. The summed E-state index contributed by atoms with van der Waals surface area (Å²) in [5, 5.41) is 4.56. The molecular weight excluding hydrogens is 396 g/mol. The Morgan fingerprint density at radius 2 is 2.10 bits per heavy atom. The number of fused-ring (bicyclic) bond motifs is 1. The van der Waals surface area contributed by atoms with Crippen LogP contribution in [0.1, 0.15) is 29.8 Å². The lowest BCUT2D eigenvalue weighted by Gasteiger charge is -2.28. The number of benzene rings is 2. The molecule has 0 aliphatic carbocycles. The molecule has 1 aliphatic rings. The number of aromatic nitrogens is 2. The number of rotatable bonds is 5. The maximum atomic E-state index is 12.5. The summed E-state index contributed by atoms with van der Waals surface area (Å²) in [4.78, 5) is 22.1. The third-order valence-corrected chi connectivity index (χ3v) is 5.94. The lowest BCUT2D eigenvalue weighted by molar-refractivity contribution is 0.0900. The highest BCUT2D eigenvalue weighted by Crippen LogP contribution is 2.20. The zero-order valence-corrected chi connectivity index (χ0v) is 18.1. The van der Waals surface area contributed by atoms with E-state index in [1.165, 1.54) is 5.56 Å². The molecule has 1 aromatic heterocycles. The molecule has 156 valence electrons. The van der Waals surface area contributed by atoms with Crippen LogP contribution >= 0.6 is 12.2 Å². The molecule has 0 amide bonds. The largest absolute Gasteiger partial charge is 0.376 e. The number of aryl methyl sites for hydroxylation is 1. The number of hydrogen-bond acceptors (Lipinski definition) is 4. The number of thiocarbonyl (C=S) groups is 1. The second-order valence-corrected chi connectivity index (χ2v) is 8.11. The first kappa shape index (κ1) is 20.5. The molecular formula is C23H26N4O2S. The van der Waals surface area contributed by atoms with Crippen molar-refractivity contribution in [1.29, 1.82) is 0 Å². The van der Waals surface area contributed by atoms with Gasteiger partial charge < -0.3 is 19.9 Å². The Morgan fingerprint density at radius 3 is 2.90 bits per heavy atom. The summed E-state index contributed by atoms with van der Waals surface area (Å²) in [7, 11) is 0. The van der Waals surface area contributed by atoms with E-state index in [-0.39, 0.29) is 11.7 Å². The quantitative estimate of drug-likeness (QED) is 0.608. The van der Waals surface area contributed by atoms with Gasteiger partial charge in [-0.05, 0) is 68.2 Å². The van der Waals surface area contributed by atoms with Gasteiger partial charge in [0.05, 0.1) is 23.6 Å². The van der Waals surface area contributed by atoms with Gasteiger partial charge in [-0.1, -0.05) is 24.3 Å². The monoisotopic (exact) mass is 422 g/mol. The fourth-order valence-corrected chi connectivity index (χ4v) is 3.97. The van der Waals surface area contributed by atoms with Crippen LogP contribution in [0.3, 0.4) is 0 Å². The molecule has 3 aromatic rings. The average Bonchev–Trinajstić information content (AvgIpc) is 3.24. The molecule has 7 heteroatoms. The summed E-state index contributed by atoms with van der Waals surface area (Å²) in [6, 6.07) is 13.5. The smallest absolute Gasteiger partial charge is 0.258 e. The van der Waals surface area contributed by atoms with E-state index >= 15 is 0 Å². The van der Waals surface area contributed by atoms with Gasteiger partial charge in [-0.15, -0.1) is 0 Å². The van der Waals surface area contributed by atoms with Crippen molar-refractivity contribution in [3.8, 4) is 0 Å². The molecule has 1 saturated heterocycles. The standard InChI is InChI=1S/C23H26N4O2S/c1-15-7-5-11-19(16(15)2)25-23(30)27(13-17-8-6-12-29-17)14-21-24-20-10-4-3-9-18(20)22(28)26-21/h3-5,7,9-11,17H,6,8,12-14H2,1-2H3,(H,25,30)(H,24,26,28)/t17-/m1/s1. The fraction of sp³-hybridized carbons (Fsp3) is 0.348. The van der Waals surface area contributed by atoms with E-state index in [9.17, 15) is 4.79 Å². The molecule has 30 heavy (non-hydrogen) atoms. The lowest BCUT2D eigenvalue weighted by atomic mass is 10.1. The van der Waals surface area contributed by atoms with Gasteiger partial charge >= 0.3 is 0 Å². The van der Waals surface area contributed by atoms with E-state index in [0.717, 1.165) is 30.7 Å². The van der Waals surface area contributed by atoms with Gasteiger partial charge in [0.1, 0.15) is 5.82 Å². The lowest BCUT2D eigenvalue weighted by Crippen LogP contribution is -2.40. The summed E-state index contributed by atoms with van der Waals surface area (Å²) in [6.45, 7) is 5.98. The maximum Gasteiger partial charge on any atom is 0.258 e. The van der Waals surface area contributed by atoms with Crippen LogP contribution in [0.15, 0.2) is 47.3 Å². The van der Waals surface area contributed by atoms with E-state index in [1.807, 2.05) is 35.2 Å². The summed E-state index contributed by atoms with van der Waals surface area (Å²) in [5.41, 5.74) is 3.89. The molecule has 0 radical (unpaired) electrons. The minimum Gasteiger partial charge on any atom is -0.376 e. The van der Waals surface area contributed by atoms with Crippen LogP contribution in [0.2, 0.25) is 0 Å². The Bertz CT molecular complexity index is 1120. The van der Waals surface area contributed by atoms with Crippen LogP contribution in [-0.4, -0.2) is 39.2 Å². The van der Waals surface area contributed by atoms with Crippen LogP contribution < -0.4 is 10.9 Å². The molecule has 1 atom stereocenters. The van der Waals surface area contributed by atoms with Crippen molar-refractivity contribution in [2.24, 2.45) is 0 Å². The van der Waals surface area contributed by atoms with Gasteiger partial charge in [0.15, 0.2) is 5.11 Å². The van der Waals surface area contributed by atoms with E-state index in [2.05, 4.69) is 35.2 Å². The Kier molecular flexibility index (Phi) is 6.11. The zero-order valence-electron chi connectivity index (χ0n) is 17.3. The van der Waals surface area contributed by atoms with Crippen molar-refractivity contribution in [2.45, 2.75) is 39.3 Å². The molecule has 2 aromatic carbocycles. The topological polar surface area (TPSA) is 70.2 Å². The number of ether oxygens (including phenoxy) is 1. The fourth-order valence-electron chi connectivity index (χ4n) is 3.72. The molecule has 4 rings (SSSR count). The first-order chi connectivity index (χ1) is 14.5. The Hall–Kier alpha value is -2.77. The first-order valence-electron chi connectivity index (χ1n) is 10.2. The molecule has 2 heterocycles. The van der Waals surface area contributed by atoms with Gasteiger partial charge in [-0.2, -0.15) is 0 Å². The minimum absolute atomic E-state index is 0.121. The molecule has 1 aliphatic heterocycles. The van der Waals surface area contributed by atoms with Gasteiger partial charge in [-0.3, -0.25) is 4.79 Å². The number of nitrogens with zero attached hydrogens (tertiary/aromatic N) is 2. The summed E-state index contributed by atoms with van der Waals surface area (Å²) in [6.07, 6.45) is 2.18. The maximum absolute atomic E-state index is 12.5. The molecule has 1 fully saturated rings. The van der Waals surface area contributed by atoms with Crippen molar-refractivity contribution < 1.29 is 4.74 Å². The van der Waals surface area contributed by atoms with Gasteiger partial charge in [-0.25, -0.2) is 4.98 Å². The molecule has 6 nitrogen and oxygen atoms in total. The number of hydrogen-bond donors (Lipinski definition) is 2. The highest BCUT2D eigenvalue weighted by Gasteiger charge is 2.22. The Labute approximate surface area is 181 Å². The predicted octanol–water partition coefficient (Wildman–Crippen LogP) is 3.92. The van der Waals surface area contributed by atoms with Crippen molar-refractivity contribution in [1.82, 2.24) is 14.9 Å². The van der Waals surface area contributed by atoms with E-state index < -0.39 is 0 Å². The van der Waals surface area contributed by atoms with Crippen molar-refractivity contribution >= 4 is 33.9 Å². The predicted molar refractivity (Wildman–Crippen MR) is 124 cm³/mol. The second kappa shape index (κ2) is 8.93. The SMILES string of the molecule is Cc1cccc(NC(=S)N(Cc2nc3ccccc3c(=O)[nH]2)C[C@H]2CCCO2)c1C. The van der Waals surface area contributed by atoms with Crippen LogP contribution in [-0.2, 0) is 11.3 Å². The summed E-state index contributed by atoms with van der Waals surface area (Å²) in [5.74, 6) is 0.585. The van der Waals surface area contributed by atoms with Gasteiger partial charge in [0.2, 0.25) is 0 Å². The molecule has 2 N–H and O–H groups in total. The highest BCUT2D eigenvalue weighted by molar-refractivity contribution is 7.80. The third kappa shape index (κ3) is 4.52. The van der Waals surface area contributed by atoms with E-state index in [1.54, 1.807) is 6.07 Å². The number of para-hydroxylation sites is 1. The Morgan fingerprint density at radius 1 is 1.27 bits per heavy atom. The normalized spacial score (nSPS) is 16.0. The number of H-pyrrole nitrogens is 1. The molecule has 0 unspecified atom stereocenters. The molecule has 0 saturated carbocycles.